The molecule has 9 aromatic rings. The molecule has 0 bridgehead atoms. The Labute approximate surface area is 494 Å². The smallest absolute Gasteiger partial charge is 0.331 e. The van der Waals surface area contributed by atoms with E-state index in [2.05, 4.69) is 35.6 Å². The van der Waals surface area contributed by atoms with Gasteiger partial charge in [-0.25, -0.2) is 4.79 Å². The molecule has 8 N–H and O–H groups in total. The number of ether oxygens (including phenoxy) is 4. The Morgan fingerprint density at radius 2 is 1.05 bits per heavy atom. The number of aliphatic hydroxyl groups is 1. The minimum atomic E-state index is -0.574. The maximum Gasteiger partial charge on any atom is 0.331 e. The van der Waals surface area contributed by atoms with Crippen molar-refractivity contribution in [3.63, 3.8) is 0 Å². The van der Waals surface area contributed by atoms with Crippen molar-refractivity contribution in [3.05, 3.63) is 205 Å². The third-order valence-corrected chi connectivity index (χ3v) is 11.1. The molecule has 9 rings (SSSR count). The summed E-state index contributed by atoms with van der Waals surface area (Å²) in [5, 5.41) is 41.7. The van der Waals surface area contributed by atoms with Gasteiger partial charge in [0.1, 0.15) is 46.1 Å². The summed E-state index contributed by atoms with van der Waals surface area (Å²) in [5.74, 6) is 3.21. The summed E-state index contributed by atoms with van der Waals surface area (Å²) in [4.78, 5) is 50.6. The number of hydrogen-bond acceptors (Lipinski definition) is 19. The third-order valence-electron chi connectivity index (χ3n) is 10.8. The molecule has 0 spiro atoms. The Morgan fingerprint density at radius 3 is 1.50 bits per heavy atom. The molecule has 0 saturated heterocycles. The van der Waals surface area contributed by atoms with Crippen LogP contribution in [-0.4, -0.2) is 84.9 Å². The number of nitrogens with zero attached hydrogens (tertiary/aromatic N) is 8. The number of nitrogens with one attached hydrogen (secondary N) is 3. The molecular weight excluding hydrogens is 1190 g/mol. The number of aryl methyl sites for hydroxylation is 4. The maximum absolute atomic E-state index is 12.1. The second-order valence-electron chi connectivity index (χ2n) is 16.1. The van der Waals surface area contributed by atoms with Crippen molar-refractivity contribution in [2.45, 2.75) is 34.6 Å². The molecule has 25 heteroatoms. The highest BCUT2D eigenvalue weighted by atomic mass is 127. The van der Waals surface area contributed by atoms with Gasteiger partial charge < -0.3 is 51.1 Å². The molecule has 0 aliphatic heterocycles. The SMILES string of the molecule is CC#N.CO.COc1ccc(-n2c(=O)[nH]c3cnccc32)c(C)c1.COc1ccc(N)c(C)c1.COc1ccc(Nc2ccncc2N)c(C)c1.COc1ccc(Nc2ccncc2[N+](=O)[O-])c(C)c1.O=[N+]([O-])c1cnccc1Cl.[2H]CI. The highest BCUT2D eigenvalue weighted by Gasteiger charge is 2.15. The van der Waals surface area contributed by atoms with Crippen molar-refractivity contribution < 1.29 is 35.3 Å². The van der Waals surface area contributed by atoms with E-state index in [1.807, 2.05) is 129 Å². The van der Waals surface area contributed by atoms with Crippen molar-refractivity contribution in [3.8, 4) is 34.8 Å². The summed E-state index contributed by atoms with van der Waals surface area (Å²) in [7, 11) is 7.52. The number of nitrogen functional groups attached to an aromatic ring is 2. The molecule has 0 atom stereocenters. The van der Waals surface area contributed by atoms with Crippen LogP contribution in [0.3, 0.4) is 0 Å². The second kappa shape index (κ2) is 36.6. The molecule has 5 aromatic heterocycles. The predicted octanol–water partition coefficient (Wildman–Crippen LogP) is 12.2. The van der Waals surface area contributed by atoms with Gasteiger partial charge in [0.15, 0.2) is 0 Å². The summed E-state index contributed by atoms with van der Waals surface area (Å²) in [6.45, 7) is 9.25. The third kappa shape index (κ3) is 21.2. The number of hydrogen-bond donors (Lipinski definition) is 6. The van der Waals surface area contributed by atoms with Crippen LogP contribution in [-0.2, 0) is 0 Å². The zero-order chi connectivity index (χ0) is 62.0. The fraction of sp³-hybridized carbons (Fsp3) is 0.193. The van der Waals surface area contributed by atoms with Crippen LogP contribution in [0.15, 0.2) is 151 Å². The summed E-state index contributed by atoms with van der Waals surface area (Å²) >= 11 is 7.39. The van der Waals surface area contributed by atoms with Gasteiger partial charge in [-0.3, -0.25) is 44.7 Å². The van der Waals surface area contributed by atoms with Crippen LogP contribution in [0.2, 0.25) is 5.02 Å². The lowest BCUT2D eigenvalue weighted by Gasteiger charge is -2.12. The largest absolute Gasteiger partial charge is 0.497 e. The van der Waals surface area contributed by atoms with Gasteiger partial charge in [-0.1, -0.05) is 34.2 Å². The molecule has 432 valence electrons. The minimum Gasteiger partial charge on any atom is -0.497 e. The summed E-state index contributed by atoms with van der Waals surface area (Å²) in [6, 6.07) is 30.9. The summed E-state index contributed by atoms with van der Waals surface area (Å²) < 4.78 is 28.3. The van der Waals surface area contributed by atoms with Crippen molar-refractivity contribution >= 4 is 90.7 Å². The molecule has 0 amide bonds. The Morgan fingerprint density at radius 1 is 0.634 bits per heavy atom. The van der Waals surface area contributed by atoms with Gasteiger partial charge in [0, 0.05) is 57.3 Å². The molecule has 23 nitrogen and oxygen atoms in total. The van der Waals surface area contributed by atoms with Gasteiger partial charge >= 0.3 is 17.1 Å². The van der Waals surface area contributed by atoms with E-state index in [1.165, 1.54) is 31.6 Å². The average Bonchev–Trinajstić information content (AvgIpc) is 3.92. The fourth-order valence-corrected chi connectivity index (χ4v) is 6.91. The van der Waals surface area contributed by atoms with Gasteiger partial charge in [-0.15, -0.1) is 0 Å². The number of imidazole rings is 1. The Hall–Kier alpha value is -9.58. The number of pyridine rings is 4. The van der Waals surface area contributed by atoms with Crippen LogP contribution in [0.4, 0.5) is 45.5 Å². The first-order valence-electron chi connectivity index (χ1n) is 24.6. The number of methoxy groups -OCH3 is 4. The molecular formula is C57H65ClIN13O10. The Balaban J connectivity index is 0.000000350. The predicted molar refractivity (Wildman–Crippen MR) is 332 cm³/mol. The monoisotopic (exact) mass is 1250 g/mol. The van der Waals surface area contributed by atoms with Crippen LogP contribution < -0.4 is 46.7 Å². The Kier molecular flexibility index (Phi) is 29.7. The first kappa shape index (κ1) is 66.7. The van der Waals surface area contributed by atoms with Crippen LogP contribution in [0.1, 0.15) is 30.5 Å². The quantitative estimate of drug-likeness (QED) is 0.0230. The van der Waals surface area contributed by atoms with E-state index < -0.39 is 9.85 Å². The molecule has 0 saturated carbocycles. The van der Waals surface area contributed by atoms with Gasteiger partial charge in [0.2, 0.25) is 0 Å². The number of fused-ring (bicyclic) bond motifs is 1. The molecule has 0 aliphatic carbocycles. The number of alkyl halides is 1. The number of anilines is 6. The molecule has 4 aromatic carbocycles. The van der Waals surface area contributed by atoms with E-state index in [4.69, 9.17) is 53.8 Å². The number of aliphatic hydroxyl groups excluding tert-OH is 1. The average molecular weight is 1260 g/mol. The van der Waals surface area contributed by atoms with Gasteiger partial charge in [-0.2, -0.15) is 5.26 Å². The lowest BCUT2D eigenvalue weighted by molar-refractivity contribution is -0.385. The van der Waals surface area contributed by atoms with Crippen molar-refractivity contribution in [2.75, 3.05) is 62.6 Å². The standard InChI is InChI=1S/C14H13N3O2.C13H13N3O3.C13H15N3O.C8H11NO.C5H3ClN2O2.C2H3N.CH3I.CH4O/c1-9-7-10(19-2)3-4-12(9)17-13-5-6-15-8-11(13)16-14(17)18;1-9-7-10(19-2)3-4-11(9)15-12-5-6-14-8-13(12)16(17)18;1-9-7-10(17-2)3-4-12(9)16-13-5-6-15-8-11(13)14;1-6-5-7(10-2)3-4-8(6)9;6-4-1-2-7-3-5(4)8(9)10;1-2-3;2*1-2/h3-8H,1-2H3,(H,16,18);3-8H,1-2H3,(H,14,15);3-8H,14H2,1-2H3,(H,15,16);3-5H,9H2,1-2H3;1-3H;1H3;1H3;2H,1H3/i;;;;;;1D;. The van der Waals surface area contributed by atoms with Gasteiger partial charge in [-0.05, 0) is 152 Å². The zero-order valence-electron chi connectivity index (χ0n) is 47.7. The topological polar surface area (TPSA) is 333 Å². The minimum absolute atomic E-state index is 0.0577. The van der Waals surface area contributed by atoms with E-state index in [-0.39, 0.29) is 22.1 Å². The number of aromatic amines is 1. The van der Waals surface area contributed by atoms with Crippen LogP contribution in [0.5, 0.6) is 23.0 Å². The molecule has 5 heterocycles. The van der Waals surface area contributed by atoms with Crippen molar-refractivity contribution in [1.82, 2.24) is 29.5 Å². The van der Waals surface area contributed by atoms with E-state index in [0.717, 1.165) is 98.0 Å². The van der Waals surface area contributed by atoms with Gasteiger partial charge in [0.05, 0.1) is 84.8 Å². The number of aromatic nitrogens is 6. The van der Waals surface area contributed by atoms with Crippen LogP contribution in [0, 0.1) is 59.3 Å². The van der Waals surface area contributed by atoms with E-state index in [9.17, 15) is 25.0 Å². The number of nitriles is 1. The van der Waals surface area contributed by atoms with Crippen molar-refractivity contribution in [2.24, 2.45) is 0 Å². The normalized spacial score (nSPS) is 9.59. The molecule has 0 radical (unpaired) electrons. The number of nitrogens with two attached hydrogens (primary N) is 2. The number of nitro groups is 2. The molecule has 0 aliphatic rings. The molecule has 0 unspecified atom stereocenters. The first-order chi connectivity index (χ1) is 39.8. The highest BCUT2D eigenvalue weighted by molar-refractivity contribution is 14.1. The highest BCUT2D eigenvalue weighted by Crippen LogP contribution is 2.30. The summed E-state index contributed by atoms with van der Waals surface area (Å²) in [5.41, 5.74) is 21.9. The molecule has 82 heavy (non-hydrogen) atoms. The zero-order valence-corrected chi connectivity index (χ0v) is 49.6. The number of halogens is 2. The van der Waals surface area contributed by atoms with Gasteiger partial charge in [0.25, 0.3) is 0 Å². The van der Waals surface area contributed by atoms with Crippen molar-refractivity contribution in [1.29, 1.82) is 5.26 Å². The van der Waals surface area contributed by atoms with Crippen LogP contribution in [0.25, 0.3) is 16.7 Å². The maximum atomic E-state index is 12.1. The number of H-pyrrole nitrogens is 1. The second-order valence-corrected chi connectivity index (χ2v) is 16.5. The molecule has 0 fully saturated rings. The number of rotatable bonds is 11. The summed E-state index contributed by atoms with van der Waals surface area (Å²) in [6.07, 6.45) is 11.9. The van der Waals surface area contributed by atoms with E-state index in [1.54, 1.807) is 76.0 Å². The lowest BCUT2D eigenvalue weighted by Crippen LogP contribution is -2.15. The van der Waals surface area contributed by atoms with E-state index >= 15 is 0 Å². The Bertz CT molecular complexity index is 3590. The lowest BCUT2D eigenvalue weighted by atomic mass is 10.2. The first-order valence-corrected chi connectivity index (χ1v) is 25.8. The fourth-order valence-electron chi connectivity index (χ4n) is 6.74. The van der Waals surface area contributed by atoms with Crippen LogP contribution >= 0.6 is 34.2 Å². The van der Waals surface area contributed by atoms with E-state index in [0.29, 0.717) is 16.3 Å². The number of benzene rings is 4.